The highest BCUT2D eigenvalue weighted by Crippen LogP contribution is 2.04. The molecular weight excluding hydrogens is 146 g/mol. The third-order valence-corrected chi connectivity index (χ3v) is 0.922. The summed E-state index contributed by atoms with van der Waals surface area (Å²) in [7, 11) is 0. The molecule has 1 heterocycles. The third kappa shape index (κ3) is 1.05. The van der Waals surface area contributed by atoms with Crippen molar-refractivity contribution in [1.29, 1.82) is 0 Å². The molecule has 48 valence electrons. The maximum absolute atomic E-state index is 10.4. The van der Waals surface area contributed by atoms with Gasteiger partial charge < -0.3 is 0 Å². The molecule has 0 aliphatic carbocycles. The highest BCUT2D eigenvalue weighted by Gasteiger charge is 2.23. The summed E-state index contributed by atoms with van der Waals surface area (Å²) in [6, 6.07) is 0. The van der Waals surface area contributed by atoms with Gasteiger partial charge in [0.2, 0.25) is 0 Å². The van der Waals surface area contributed by atoms with Crippen LogP contribution in [0.4, 0.5) is 4.79 Å². The van der Waals surface area contributed by atoms with Crippen molar-refractivity contribution in [3.8, 4) is 0 Å². The van der Waals surface area contributed by atoms with Crippen LogP contribution in [0.2, 0.25) is 0 Å². The average molecular weight is 148 g/mol. The molecule has 0 aromatic rings. The zero-order chi connectivity index (χ0) is 6.85. The molecule has 1 aliphatic rings. The second-order valence-electron chi connectivity index (χ2n) is 1.35. The van der Waals surface area contributed by atoms with Crippen LogP contribution in [-0.2, 0) is 4.79 Å². The van der Waals surface area contributed by atoms with E-state index in [1.165, 1.54) is 0 Å². The summed E-state index contributed by atoms with van der Waals surface area (Å²) in [5.74, 6) is -0.491. The lowest BCUT2D eigenvalue weighted by Gasteiger charge is -1.98. The van der Waals surface area contributed by atoms with Gasteiger partial charge in [-0.15, -0.1) is 5.01 Å². The molecular formula is C3H2ClN3O2. The zero-order valence-electron chi connectivity index (χ0n) is 4.24. The molecule has 0 saturated heterocycles. The normalized spacial score (nSPS) is 17.0. The Morgan fingerprint density at radius 3 is 2.67 bits per heavy atom. The molecule has 0 unspecified atom stereocenters. The highest BCUT2D eigenvalue weighted by molar-refractivity contribution is 6.64. The zero-order valence-corrected chi connectivity index (χ0v) is 5.00. The maximum Gasteiger partial charge on any atom is 0.345 e. The van der Waals surface area contributed by atoms with Crippen LogP contribution in [-0.4, -0.2) is 22.8 Å². The first-order chi connectivity index (χ1) is 4.22. The first-order valence-corrected chi connectivity index (χ1v) is 2.49. The Kier molecular flexibility index (Phi) is 1.44. The van der Waals surface area contributed by atoms with Crippen LogP contribution >= 0.6 is 11.6 Å². The minimum atomic E-state index is -0.916. The molecule has 0 fully saturated rings. The van der Waals surface area contributed by atoms with Gasteiger partial charge in [-0.1, -0.05) is 5.22 Å². The van der Waals surface area contributed by atoms with E-state index >= 15 is 0 Å². The Bertz CT molecular complexity index is 189. The molecule has 0 spiro atoms. The number of carbonyl (C=O) groups is 2. The maximum atomic E-state index is 10.4. The quantitative estimate of drug-likeness (QED) is 0.371. The Morgan fingerprint density at radius 1 is 1.78 bits per heavy atom. The summed E-state index contributed by atoms with van der Waals surface area (Å²) in [6.45, 7) is -0.0849. The van der Waals surface area contributed by atoms with Crippen LogP contribution in [0.1, 0.15) is 0 Å². The molecule has 0 bridgehead atoms. The molecule has 0 saturated carbocycles. The van der Waals surface area contributed by atoms with Gasteiger partial charge in [-0.05, 0) is 11.6 Å². The van der Waals surface area contributed by atoms with E-state index in [1.807, 2.05) is 0 Å². The fraction of sp³-hybridized carbons (Fsp3) is 0.333. The molecule has 1 aliphatic heterocycles. The second-order valence-corrected chi connectivity index (χ2v) is 1.67. The molecule has 5 nitrogen and oxygen atoms in total. The van der Waals surface area contributed by atoms with E-state index in [2.05, 4.69) is 10.3 Å². The number of hydrogen-bond donors (Lipinski definition) is 0. The van der Waals surface area contributed by atoms with Crippen LogP contribution in [0.3, 0.4) is 0 Å². The van der Waals surface area contributed by atoms with Gasteiger partial charge in [0.1, 0.15) is 6.54 Å². The molecule has 2 amide bonds. The number of nitrogens with zero attached hydrogens (tertiary/aromatic N) is 3. The molecule has 9 heavy (non-hydrogen) atoms. The predicted octanol–water partition coefficient (Wildman–Crippen LogP) is 0.555. The van der Waals surface area contributed by atoms with Gasteiger partial charge in [0, 0.05) is 0 Å². The lowest BCUT2D eigenvalue weighted by molar-refractivity contribution is -0.124. The molecule has 0 radical (unpaired) electrons. The van der Waals surface area contributed by atoms with Crippen molar-refractivity contribution in [3.05, 3.63) is 0 Å². The lowest BCUT2D eigenvalue weighted by Crippen LogP contribution is -2.24. The van der Waals surface area contributed by atoms with Crippen LogP contribution in [0.5, 0.6) is 0 Å². The Labute approximate surface area is 55.3 Å². The summed E-state index contributed by atoms with van der Waals surface area (Å²) >= 11 is 4.89. The third-order valence-electron chi connectivity index (χ3n) is 0.761. The van der Waals surface area contributed by atoms with Gasteiger partial charge in [-0.25, -0.2) is 0 Å². The lowest BCUT2D eigenvalue weighted by atomic mass is 10.6. The second kappa shape index (κ2) is 2.10. The molecule has 1 rings (SSSR count). The summed E-state index contributed by atoms with van der Waals surface area (Å²) in [4.78, 5) is 20.6. The van der Waals surface area contributed by atoms with Crippen LogP contribution < -0.4 is 0 Å². The largest absolute Gasteiger partial charge is 0.345 e. The summed E-state index contributed by atoms with van der Waals surface area (Å²) in [6.07, 6.45) is 0. The van der Waals surface area contributed by atoms with Crippen molar-refractivity contribution in [3.63, 3.8) is 0 Å². The molecule has 6 heteroatoms. The number of hydrogen-bond acceptors (Lipinski definition) is 4. The SMILES string of the molecule is O=C(Cl)N1N=NCC1=O. The monoisotopic (exact) mass is 147 g/mol. The molecule has 0 aromatic carbocycles. The number of carbonyl (C=O) groups excluding carboxylic acids is 2. The van der Waals surface area contributed by atoms with Crippen molar-refractivity contribution in [2.45, 2.75) is 0 Å². The van der Waals surface area contributed by atoms with Crippen molar-refractivity contribution < 1.29 is 9.59 Å². The van der Waals surface area contributed by atoms with Crippen molar-refractivity contribution in [2.75, 3.05) is 6.54 Å². The van der Waals surface area contributed by atoms with Crippen LogP contribution in [0.25, 0.3) is 0 Å². The van der Waals surface area contributed by atoms with Gasteiger partial charge in [0.15, 0.2) is 0 Å². The first-order valence-electron chi connectivity index (χ1n) is 2.11. The number of rotatable bonds is 0. The van der Waals surface area contributed by atoms with Crippen molar-refractivity contribution in [2.24, 2.45) is 10.3 Å². The minimum absolute atomic E-state index is 0.0849. The Hall–Kier alpha value is -0.970. The van der Waals surface area contributed by atoms with E-state index in [1.54, 1.807) is 0 Å². The van der Waals surface area contributed by atoms with E-state index < -0.39 is 11.3 Å². The number of amides is 2. The summed E-state index contributed by atoms with van der Waals surface area (Å²) in [5.41, 5.74) is 0. The van der Waals surface area contributed by atoms with Crippen LogP contribution in [0, 0.1) is 0 Å². The molecule has 0 aromatic heterocycles. The summed E-state index contributed by atoms with van der Waals surface area (Å²) in [5, 5.41) is 6.01. The number of halogens is 1. The average Bonchev–Trinajstić information content (AvgIpc) is 2.13. The van der Waals surface area contributed by atoms with Gasteiger partial charge in [-0.3, -0.25) is 9.59 Å². The topological polar surface area (TPSA) is 62.1 Å². The van der Waals surface area contributed by atoms with E-state index in [0.717, 1.165) is 0 Å². The highest BCUT2D eigenvalue weighted by atomic mass is 35.5. The van der Waals surface area contributed by atoms with Crippen LogP contribution in [0.15, 0.2) is 10.3 Å². The van der Waals surface area contributed by atoms with E-state index in [-0.39, 0.29) is 6.54 Å². The molecule has 0 atom stereocenters. The van der Waals surface area contributed by atoms with Crippen molar-refractivity contribution in [1.82, 2.24) is 5.01 Å². The Morgan fingerprint density at radius 2 is 2.44 bits per heavy atom. The minimum Gasteiger partial charge on any atom is -0.270 e. The van der Waals surface area contributed by atoms with Crippen molar-refractivity contribution >= 4 is 22.9 Å². The molecule has 0 N–H and O–H groups in total. The smallest absolute Gasteiger partial charge is 0.270 e. The fourth-order valence-corrected chi connectivity index (χ4v) is 0.533. The Balaban J connectivity index is 2.71. The predicted molar refractivity (Wildman–Crippen MR) is 27.8 cm³/mol. The summed E-state index contributed by atoms with van der Waals surface area (Å²) < 4.78 is 0. The van der Waals surface area contributed by atoms with Gasteiger partial charge in [-0.2, -0.15) is 5.11 Å². The van der Waals surface area contributed by atoms with Gasteiger partial charge >= 0.3 is 5.37 Å². The van der Waals surface area contributed by atoms with E-state index in [0.29, 0.717) is 5.01 Å². The standard InChI is InChI=1S/C3H2ClN3O2/c4-3(9)7-2(8)1-5-6-7/h1H2. The first kappa shape index (κ1) is 6.15. The van der Waals surface area contributed by atoms with Gasteiger partial charge in [0.25, 0.3) is 5.91 Å². The van der Waals surface area contributed by atoms with E-state index in [4.69, 9.17) is 11.6 Å². The fourth-order valence-electron chi connectivity index (χ4n) is 0.405. The van der Waals surface area contributed by atoms with E-state index in [9.17, 15) is 9.59 Å². The van der Waals surface area contributed by atoms with Gasteiger partial charge in [0.05, 0.1) is 0 Å². The number of imide groups is 1.